The Morgan fingerprint density at radius 2 is 2.20 bits per heavy atom. The van der Waals surface area contributed by atoms with E-state index < -0.39 is 12.3 Å². The van der Waals surface area contributed by atoms with Crippen LogP contribution in [0.3, 0.4) is 0 Å². The lowest BCUT2D eigenvalue weighted by atomic mass is 10.3. The predicted molar refractivity (Wildman–Crippen MR) is 52.6 cm³/mol. The average molecular weight is 236 g/mol. The van der Waals surface area contributed by atoms with Crippen LogP contribution in [0.25, 0.3) is 0 Å². The lowest BCUT2D eigenvalue weighted by Crippen LogP contribution is -2.19. The monoisotopic (exact) mass is 235 g/mol. The molecule has 0 bridgehead atoms. The van der Waals surface area contributed by atoms with Gasteiger partial charge in [0.1, 0.15) is 5.75 Å². The first-order valence-electron chi connectivity index (χ1n) is 3.97. The van der Waals surface area contributed by atoms with E-state index in [-0.39, 0.29) is 5.69 Å². The lowest BCUT2D eigenvalue weighted by molar-refractivity contribution is -0.126. The van der Waals surface area contributed by atoms with Crippen molar-refractivity contribution >= 4 is 23.2 Å². The maximum Gasteiger partial charge on any atom is 0.315 e. The number of benzene rings is 1. The Morgan fingerprint density at radius 1 is 1.53 bits per heavy atom. The van der Waals surface area contributed by atoms with Crippen molar-refractivity contribution in [2.75, 3.05) is 12.4 Å². The molecule has 0 heterocycles. The summed E-state index contributed by atoms with van der Waals surface area (Å²) < 4.78 is 28.7. The Morgan fingerprint density at radius 3 is 2.73 bits per heavy atom. The molecule has 0 atom stereocenters. The molecule has 1 aromatic carbocycles. The number of amides is 1. The maximum atomic E-state index is 11.9. The number of anilines is 1. The summed E-state index contributed by atoms with van der Waals surface area (Å²) in [6.45, 7) is 0. The molecule has 1 amide bonds. The number of methoxy groups -OCH3 is 1. The van der Waals surface area contributed by atoms with Gasteiger partial charge in [0.15, 0.2) is 0 Å². The van der Waals surface area contributed by atoms with E-state index in [0.29, 0.717) is 10.8 Å². The van der Waals surface area contributed by atoms with E-state index in [1.165, 1.54) is 25.3 Å². The van der Waals surface area contributed by atoms with Crippen LogP contribution in [0.4, 0.5) is 14.5 Å². The summed E-state index contributed by atoms with van der Waals surface area (Å²) in [5.41, 5.74) is 0.210. The summed E-state index contributed by atoms with van der Waals surface area (Å²) in [5, 5.41) is 2.36. The number of hydrogen-bond donors (Lipinski definition) is 1. The highest BCUT2D eigenvalue weighted by Gasteiger charge is 2.15. The molecule has 0 radical (unpaired) electrons. The Bertz CT molecular complexity index is 371. The molecule has 0 aliphatic rings. The SMILES string of the molecule is COc1cc(NC(=O)C(F)F)ccc1Cl. The fraction of sp³-hybridized carbons (Fsp3) is 0.222. The van der Waals surface area contributed by atoms with E-state index in [2.05, 4.69) is 0 Å². The molecule has 0 fully saturated rings. The molecule has 0 aliphatic heterocycles. The number of nitrogens with one attached hydrogen (secondary N) is 1. The minimum atomic E-state index is -3.05. The number of halogens is 3. The fourth-order valence-corrected chi connectivity index (χ4v) is 1.13. The van der Waals surface area contributed by atoms with Crippen LogP contribution in [-0.2, 0) is 4.79 Å². The van der Waals surface area contributed by atoms with Crippen molar-refractivity contribution in [1.82, 2.24) is 0 Å². The first-order valence-corrected chi connectivity index (χ1v) is 4.35. The number of ether oxygens (including phenoxy) is 1. The molecule has 0 aliphatic carbocycles. The zero-order valence-electron chi connectivity index (χ0n) is 7.76. The number of alkyl halides is 2. The first kappa shape index (κ1) is 11.7. The van der Waals surface area contributed by atoms with Crippen LogP contribution in [0.5, 0.6) is 5.75 Å². The van der Waals surface area contributed by atoms with Crippen molar-refractivity contribution < 1.29 is 18.3 Å². The minimum Gasteiger partial charge on any atom is -0.495 e. The van der Waals surface area contributed by atoms with Gasteiger partial charge >= 0.3 is 6.43 Å². The molecular weight excluding hydrogens is 228 g/mol. The van der Waals surface area contributed by atoms with E-state index in [1.807, 2.05) is 5.32 Å². The highest BCUT2D eigenvalue weighted by atomic mass is 35.5. The Labute approximate surface area is 90.0 Å². The van der Waals surface area contributed by atoms with E-state index >= 15 is 0 Å². The van der Waals surface area contributed by atoms with Gasteiger partial charge in [-0.2, -0.15) is 8.78 Å². The normalized spacial score (nSPS) is 10.2. The summed E-state index contributed by atoms with van der Waals surface area (Å²) in [6, 6.07) is 4.22. The van der Waals surface area contributed by atoms with Gasteiger partial charge in [0.25, 0.3) is 5.91 Å². The van der Waals surface area contributed by atoms with Crippen molar-refractivity contribution in [2.45, 2.75) is 6.43 Å². The van der Waals surface area contributed by atoms with Gasteiger partial charge in [-0.05, 0) is 12.1 Å². The second kappa shape index (κ2) is 4.93. The minimum absolute atomic E-state index is 0.210. The molecule has 3 nitrogen and oxygen atoms in total. The van der Waals surface area contributed by atoms with Crippen molar-refractivity contribution in [3.8, 4) is 5.75 Å². The van der Waals surface area contributed by atoms with Crippen molar-refractivity contribution in [1.29, 1.82) is 0 Å². The molecule has 82 valence electrons. The smallest absolute Gasteiger partial charge is 0.315 e. The van der Waals surface area contributed by atoms with Crippen molar-refractivity contribution in [3.05, 3.63) is 23.2 Å². The van der Waals surface area contributed by atoms with Gasteiger partial charge in [-0.15, -0.1) is 0 Å². The Balaban J connectivity index is 2.83. The molecule has 1 rings (SSSR count). The number of carbonyl (C=O) groups is 1. The summed E-state index contributed by atoms with van der Waals surface area (Å²) >= 11 is 5.71. The van der Waals surface area contributed by atoms with Gasteiger partial charge in [-0.25, -0.2) is 0 Å². The second-order valence-corrected chi connectivity index (χ2v) is 3.05. The van der Waals surface area contributed by atoms with Crippen LogP contribution in [0.15, 0.2) is 18.2 Å². The average Bonchev–Trinajstić information content (AvgIpc) is 2.20. The predicted octanol–water partition coefficient (Wildman–Crippen LogP) is 2.55. The quantitative estimate of drug-likeness (QED) is 0.874. The highest BCUT2D eigenvalue weighted by Crippen LogP contribution is 2.27. The third-order valence-corrected chi connectivity index (χ3v) is 1.93. The Hall–Kier alpha value is -1.36. The van der Waals surface area contributed by atoms with Crippen LogP contribution in [0.1, 0.15) is 0 Å². The molecule has 6 heteroatoms. The molecule has 15 heavy (non-hydrogen) atoms. The molecule has 0 spiro atoms. The van der Waals surface area contributed by atoms with Crippen LogP contribution < -0.4 is 10.1 Å². The van der Waals surface area contributed by atoms with Gasteiger partial charge in [-0.1, -0.05) is 11.6 Å². The Kier molecular flexibility index (Phi) is 3.85. The lowest BCUT2D eigenvalue weighted by Gasteiger charge is -2.07. The largest absolute Gasteiger partial charge is 0.495 e. The van der Waals surface area contributed by atoms with Crippen LogP contribution >= 0.6 is 11.6 Å². The third kappa shape index (κ3) is 3.06. The third-order valence-electron chi connectivity index (χ3n) is 1.62. The fourth-order valence-electron chi connectivity index (χ4n) is 0.934. The second-order valence-electron chi connectivity index (χ2n) is 2.64. The molecular formula is C9H8ClF2NO2. The van der Waals surface area contributed by atoms with Crippen LogP contribution in [0.2, 0.25) is 5.02 Å². The number of hydrogen-bond acceptors (Lipinski definition) is 2. The molecule has 0 saturated carbocycles. The van der Waals surface area contributed by atoms with Gasteiger partial charge in [0.2, 0.25) is 0 Å². The summed E-state index contributed by atoms with van der Waals surface area (Å²) in [5.74, 6) is -1.05. The highest BCUT2D eigenvalue weighted by molar-refractivity contribution is 6.32. The summed E-state index contributed by atoms with van der Waals surface area (Å²) in [4.78, 5) is 10.7. The topological polar surface area (TPSA) is 38.3 Å². The summed E-state index contributed by atoms with van der Waals surface area (Å²) in [6.07, 6.45) is -3.05. The van der Waals surface area contributed by atoms with Gasteiger partial charge in [-0.3, -0.25) is 4.79 Å². The zero-order valence-corrected chi connectivity index (χ0v) is 8.52. The van der Waals surface area contributed by atoms with Gasteiger partial charge < -0.3 is 10.1 Å². The first-order chi connectivity index (χ1) is 7.04. The zero-order chi connectivity index (χ0) is 11.4. The molecule has 1 N–H and O–H groups in total. The number of rotatable bonds is 3. The van der Waals surface area contributed by atoms with Crippen LogP contribution in [0, 0.1) is 0 Å². The van der Waals surface area contributed by atoms with Crippen molar-refractivity contribution in [3.63, 3.8) is 0 Å². The van der Waals surface area contributed by atoms with E-state index in [4.69, 9.17) is 16.3 Å². The summed E-state index contributed by atoms with van der Waals surface area (Å²) in [7, 11) is 1.39. The van der Waals surface area contributed by atoms with Gasteiger partial charge in [0, 0.05) is 11.8 Å². The van der Waals surface area contributed by atoms with Crippen LogP contribution in [-0.4, -0.2) is 19.4 Å². The van der Waals surface area contributed by atoms with Gasteiger partial charge in [0.05, 0.1) is 12.1 Å². The molecule has 0 unspecified atom stereocenters. The standard InChI is InChI=1S/C9H8ClF2NO2/c1-15-7-4-5(2-3-6(7)10)13-9(14)8(11)12/h2-4,8H,1H3,(H,13,14). The van der Waals surface area contributed by atoms with E-state index in [0.717, 1.165) is 0 Å². The van der Waals surface area contributed by atoms with E-state index in [1.54, 1.807) is 0 Å². The van der Waals surface area contributed by atoms with Crippen molar-refractivity contribution in [2.24, 2.45) is 0 Å². The number of carbonyl (C=O) groups excluding carboxylic acids is 1. The molecule has 0 aromatic heterocycles. The molecule has 0 saturated heterocycles. The molecule has 1 aromatic rings. The maximum absolute atomic E-state index is 11.9. The van der Waals surface area contributed by atoms with E-state index in [9.17, 15) is 13.6 Å².